The Bertz CT molecular complexity index is 551. The summed E-state index contributed by atoms with van der Waals surface area (Å²) in [5.41, 5.74) is 0.622. The summed E-state index contributed by atoms with van der Waals surface area (Å²) in [6.07, 6.45) is 2.39. The minimum absolute atomic E-state index is 0.382. The van der Waals surface area contributed by atoms with Gasteiger partial charge in [0.25, 0.3) is 0 Å². The van der Waals surface area contributed by atoms with Crippen LogP contribution < -0.4 is 16.0 Å². The molecule has 0 fully saturated rings. The lowest BCUT2D eigenvalue weighted by Crippen LogP contribution is -2.39. The molecule has 25 heavy (non-hydrogen) atoms. The van der Waals surface area contributed by atoms with E-state index in [4.69, 9.17) is 4.74 Å². The van der Waals surface area contributed by atoms with Crippen LogP contribution in [0, 0.1) is 6.92 Å². The molecule has 1 aromatic heterocycles. The van der Waals surface area contributed by atoms with E-state index in [0.29, 0.717) is 6.54 Å². The van der Waals surface area contributed by atoms with Crippen molar-refractivity contribution in [2.75, 3.05) is 26.7 Å². The van der Waals surface area contributed by atoms with Crippen molar-refractivity contribution in [2.24, 2.45) is 4.99 Å². The van der Waals surface area contributed by atoms with Crippen molar-refractivity contribution < 1.29 is 9.53 Å². The Morgan fingerprint density at radius 1 is 1.20 bits per heavy atom. The number of hydrogen-bond acceptors (Lipinski definition) is 5. The minimum Gasteiger partial charge on any atom is -0.444 e. The van der Waals surface area contributed by atoms with E-state index in [1.165, 1.54) is 5.01 Å². The second kappa shape index (κ2) is 10.9. The highest BCUT2D eigenvalue weighted by Gasteiger charge is 2.15. The molecule has 142 valence electrons. The van der Waals surface area contributed by atoms with E-state index in [2.05, 4.69) is 31.3 Å². The second-order valence-electron chi connectivity index (χ2n) is 6.69. The average Bonchev–Trinajstić information content (AvgIpc) is 2.92. The highest BCUT2D eigenvalue weighted by molar-refractivity contribution is 7.09. The van der Waals surface area contributed by atoms with Gasteiger partial charge in [-0.25, -0.2) is 9.78 Å². The molecule has 0 aliphatic rings. The third kappa shape index (κ3) is 10.6. The summed E-state index contributed by atoms with van der Waals surface area (Å²) in [5.74, 6) is 0.771. The number of nitrogens with zero attached hydrogens (tertiary/aromatic N) is 2. The van der Waals surface area contributed by atoms with Crippen LogP contribution in [0.15, 0.2) is 10.4 Å². The van der Waals surface area contributed by atoms with Crippen molar-refractivity contribution in [2.45, 2.75) is 52.6 Å². The SMILES string of the molecule is CN=C(NCCCNC(=O)OC(C)(C)C)NCCCc1nc(C)cs1. The van der Waals surface area contributed by atoms with Gasteiger partial charge in [0.2, 0.25) is 0 Å². The first-order valence-corrected chi connectivity index (χ1v) is 9.50. The number of ether oxygens (including phenoxy) is 1. The largest absolute Gasteiger partial charge is 0.444 e. The topological polar surface area (TPSA) is 87.6 Å². The van der Waals surface area contributed by atoms with E-state index < -0.39 is 5.60 Å². The Hall–Kier alpha value is -1.83. The van der Waals surface area contributed by atoms with Gasteiger partial charge in [-0.05, 0) is 40.5 Å². The van der Waals surface area contributed by atoms with Crippen LogP contribution in [0.4, 0.5) is 4.79 Å². The van der Waals surface area contributed by atoms with Crippen LogP contribution in [-0.2, 0) is 11.2 Å². The van der Waals surface area contributed by atoms with Gasteiger partial charge >= 0.3 is 6.09 Å². The first-order valence-electron chi connectivity index (χ1n) is 8.62. The fraction of sp³-hybridized carbons (Fsp3) is 0.706. The molecule has 0 saturated heterocycles. The molecule has 0 unspecified atom stereocenters. The van der Waals surface area contributed by atoms with Crippen molar-refractivity contribution in [1.29, 1.82) is 0 Å². The van der Waals surface area contributed by atoms with Gasteiger partial charge in [0, 0.05) is 44.2 Å². The number of thiazole rings is 1. The number of aromatic nitrogens is 1. The predicted octanol–water partition coefficient (Wildman–Crippen LogP) is 2.46. The van der Waals surface area contributed by atoms with Crippen molar-refractivity contribution in [3.63, 3.8) is 0 Å². The smallest absolute Gasteiger partial charge is 0.407 e. The fourth-order valence-electron chi connectivity index (χ4n) is 1.98. The Kier molecular flexibility index (Phi) is 9.26. The van der Waals surface area contributed by atoms with Gasteiger partial charge in [0.15, 0.2) is 5.96 Å². The fourth-order valence-corrected chi connectivity index (χ4v) is 2.80. The number of carbonyl (C=O) groups is 1. The third-order valence-electron chi connectivity index (χ3n) is 3.06. The lowest BCUT2D eigenvalue weighted by Gasteiger charge is -2.19. The third-order valence-corrected chi connectivity index (χ3v) is 4.09. The van der Waals surface area contributed by atoms with Crippen molar-refractivity contribution in [3.8, 4) is 0 Å². The van der Waals surface area contributed by atoms with Gasteiger partial charge < -0.3 is 20.7 Å². The van der Waals surface area contributed by atoms with Crippen LogP contribution in [0.3, 0.4) is 0 Å². The zero-order valence-corrected chi connectivity index (χ0v) is 16.8. The molecule has 7 nitrogen and oxygen atoms in total. The van der Waals surface area contributed by atoms with Crippen molar-refractivity contribution in [3.05, 3.63) is 16.1 Å². The van der Waals surface area contributed by atoms with E-state index in [-0.39, 0.29) is 6.09 Å². The number of carbonyl (C=O) groups excluding carboxylic acids is 1. The summed E-state index contributed by atoms with van der Waals surface area (Å²) < 4.78 is 5.18. The van der Waals surface area contributed by atoms with Gasteiger partial charge in [0.05, 0.1) is 5.01 Å². The van der Waals surface area contributed by atoms with Crippen LogP contribution in [0.1, 0.15) is 44.3 Å². The van der Waals surface area contributed by atoms with Crippen molar-refractivity contribution in [1.82, 2.24) is 20.9 Å². The summed E-state index contributed by atoms with van der Waals surface area (Å²) in [4.78, 5) is 20.2. The monoisotopic (exact) mass is 369 g/mol. The van der Waals surface area contributed by atoms with Crippen LogP contribution in [0.5, 0.6) is 0 Å². The quantitative estimate of drug-likeness (QED) is 0.372. The van der Waals surface area contributed by atoms with E-state index in [1.807, 2.05) is 27.7 Å². The van der Waals surface area contributed by atoms with Gasteiger partial charge in [-0.15, -0.1) is 11.3 Å². The van der Waals surface area contributed by atoms with E-state index in [0.717, 1.165) is 44.0 Å². The maximum atomic E-state index is 11.5. The molecule has 0 spiro atoms. The second-order valence-corrected chi connectivity index (χ2v) is 7.64. The summed E-state index contributed by atoms with van der Waals surface area (Å²) in [6, 6.07) is 0. The molecule has 0 aliphatic heterocycles. The number of aryl methyl sites for hydroxylation is 2. The maximum Gasteiger partial charge on any atom is 0.407 e. The Labute approximate surface area is 154 Å². The van der Waals surface area contributed by atoms with Crippen molar-refractivity contribution >= 4 is 23.4 Å². The molecule has 0 bridgehead atoms. The number of rotatable bonds is 8. The van der Waals surface area contributed by atoms with Crippen LogP contribution >= 0.6 is 11.3 Å². The molecular weight excluding hydrogens is 338 g/mol. The molecule has 8 heteroatoms. The number of amides is 1. The highest BCUT2D eigenvalue weighted by atomic mass is 32.1. The molecule has 0 aliphatic carbocycles. The highest BCUT2D eigenvalue weighted by Crippen LogP contribution is 2.10. The Morgan fingerprint density at radius 3 is 2.40 bits per heavy atom. The van der Waals surface area contributed by atoms with Crippen LogP contribution in [0.2, 0.25) is 0 Å². The van der Waals surface area contributed by atoms with E-state index in [9.17, 15) is 4.79 Å². The van der Waals surface area contributed by atoms with Crippen LogP contribution in [-0.4, -0.2) is 49.3 Å². The lowest BCUT2D eigenvalue weighted by atomic mass is 10.2. The van der Waals surface area contributed by atoms with Crippen LogP contribution in [0.25, 0.3) is 0 Å². The minimum atomic E-state index is -0.467. The van der Waals surface area contributed by atoms with Gasteiger partial charge in [-0.2, -0.15) is 0 Å². The number of aliphatic imine (C=N–C) groups is 1. The lowest BCUT2D eigenvalue weighted by molar-refractivity contribution is 0.0527. The Balaban J connectivity index is 2.07. The molecule has 0 atom stereocenters. The molecule has 1 aromatic rings. The summed E-state index contributed by atoms with van der Waals surface area (Å²) in [7, 11) is 1.75. The van der Waals surface area contributed by atoms with E-state index in [1.54, 1.807) is 18.4 Å². The molecular formula is C17H31N5O2S. The van der Waals surface area contributed by atoms with Gasteiger partial charge in [-0.1, -0.05) is 0 Å². The number of nitrogens with one attached hydrogen (secondary N) is 3. The first-order chi connectivity index (χ1) is 11.8. The number of guanidine groups is 1. The summed E-state index contributed by atoms with van der Waals surface area (Å²) in [6.45, 7) is 9.68. The normalized spacial score (nSPS) is 12.0. The first kappa shape index (κ1) is 21.2. The van der Waals surface area contributed by atoms with Gasteiger partial charge in [0.1, 0.15) is 5.60 Å². The number of hydrogen-bond donors (Lipinski definition) is 3. The Morgan fingerprint density at radius 2 is 1.84 bits per heavy atom. The molecule has 1 amide bonds. The molecule has 3 N–H and O–H groups in total. The average molecular weight is 370 g/mol. The maximum absolute atomic E-state index is 11.5. The molecule has 1 rings (SSSR count). The standard InChI is InChI=1S/C17H31N5O2S/c1-13-12-25-14(22-13)8-6-9-19-15(18-5)20-10-7-11-21-16(23)24-17(2,3)4/h12H,6-11H2,1-5H3,(H,21,23)(H2,18,19,20). The molecule has 0 radical (unpaired) electrons. The number of alkyl carbamates (subject to hydrolysis) is 1. The zero-order valence-electron chi connectivity index (χ0n) is 15.9. The molecule has 0 saturated carbocycles. The predicted molar refractivity (Wildman–Crippen MR) is 103 cm³/mol. The molecule has 1 heterocycles. The molecule has 0 aromatic carbocycles. The van der Waals surface area contributed by atoms with Gasteiger partial charge in [-0.3, -0.25) is 4.99 Å². The summed E-state index contributed by atoms with van der Waals surface area (Å²) in [5, 5.41) is 12.5. The van der Waals surface area contributed by atoms with E-state index >= 15 is 0 Å². The zero-order chi connectivity index (χ0) is 18.7. The summed E-state index contributed by atoms with van der Waals surface area (Å²) >= 11 is 1.71.